The number of anilines is 1. The molecule has 1 atom stereocenters. The van der Waals surface area contributed by atoms with E-state index in [9.17, 15) is 14.7 Å². The van der Waals surface area contributed by atoms with Gasteiger partial charge in [0.05, 0.1) is 18.2 Å². The molecule has 4 aromatic carbocycles. The second-order valence-electron chi connectivity index (χ2n) is 9.76. The van der Waals surface area contributed by atoms with E-state index in [1.807, 2.05) is 75.4 Å². The Morgan fingerprint density at radius 1 is 0.850 bits per heavy atom. The molecule has 1 fully saturated rings. The summed E-state index contributed by atoms with van der Waals surface area (Å²) in [4.78, 5) is 28.4. The fourth-order valence-corrected chi connectivity index (χ4v) is 4.97. The molecule has 6 heteroatoms. The Morgan fingerprint density at radius 2 is 1.60 bits per heavy atom. The lowest BCUT2D eigenvalue weighted by molar-refractivity contribution is -0.132. The number of aryl methyl sites for hydroxylation is 2. The number of ether oxygens (including phenoxy) is 2. The standard InChI is InChI=1S/C34H31NO5/c1-4-39-28-16-14-27(15-17-28)35-31(25-12-8-9-22(2)19-25)30(33(37)34(35)38)32(36)26-13-18-29(23(3)20-26)40-21-24-10-6-5-7-11-24/h5-20,31,36H,4,21H2,1-3H3/b32-30-. The van der Waals surface area contributed by atoms with Crippen LogP contribution < -0.4 is 14.4 Å². The van der Waals surface area contributed by atoms with Crippen molar-refractivity contribution in [3.05, 3.63) is 130 Å². The molecule has 0 aliphatic carbocycles. The summed E-state index contributed by atoms with van der Waals surface area (Å²) >= 11 is 0. The summed E-state index contributed by atoms with van der Waals surface area (Å²) in [6.45, 7) is 6.65. The zero-order chi connectivity index (χ0) is 28.2. The summed E-state index contributed by atoms with van der Waals surface area (Å²) in [5.41, 5.74) is 4.57. The Hall–Kier alpha value is -4.84. The predicted molar refractivity (Wildman–Crippen MR) is 156 cm³/mol. The van der Waals surface area contributed by atoms with Crippen LogP contribution in [0.25, 0.3) is 5.76 Å². The van der Waals surface area contributed by atoms with Gasteiger partial charge in [0, 0.05) is 11.3 Å². The lowest BCUT2D eigenvalue weighted by atomic mass is 9.94. The molecule has 202 valence electrons. The Balaban J connectivity index is 1.54. The van der Waals surface area contributed by atoms with E-state index in [1.54, 1.807) is 42.5 Å². The van der Waals surface area contributed by atoms with Crippen LogP contribution in [-0.2, 0) is 16.2 Å². The number of carbonyl (C=O) groups excluding carboxylic acids is 2. The molecular formula is C34H31NO5. The van der Waals surface area contributed by atoms with E-state index in [4.69, 9.17) is 9.47 Å². The van der Waals surface area contributed by atoms with Gasteiger partial charge in [-0.3, -0.25) is 14.5 Å². The van der Waals surface area contributed by atoms with Crippen LogP contribution in [0.4, 0.5) is 5.69 Å². The van der Waals surface area contributed by atoms with Gasteiger partial charge in [-0.2, -0.15) is 0 Å². The molecule has 1 heterocycles. The second-order valence-corrected chi connectivity index (χ2v) is 9.76. The third-order valence-electron chi connectivity index (χ3n) is 6.91. The lowest BCUT2D eigenvalue weighted by Crippen LogP contribution is -2.29. The number of amides is 1. The molecule has 4 aromatic rings. The number of nitrogens with zero attached hydrogens (tertiary/aromatic N) is 1. The molecule has 1 saturated heterocycles. The lowest BCUT2D eigenvalue weighted by Gasteiger charge is -2.26. The number of aliphatic hydroxyl groups excluding tert-OH is 1. The Bertz CT molecular complexity index is 1570. The molecule has 1 amide bonds. The highest BCUT2D eigenvalue weighted by Gasteiger charge is 2.47. The average Bonchev–Trinajstić information content (AvgIpc) is 3.23. The number of ketones is 1. The first kappa shape index (κ1) is 26.8. The first-order valence-corrected chi connectivity index (χ1v) is 13.3. The van der Waals surface area contributed by atoms with Crippen molar-refractivity contribution in [1.29, 1.82) is 0 Å². The third kappa shape index (κ3) is 5.34. The fraction of sp³-hybridized carbons (Fsp3) is 0.176. The van der Waals surface area contributed by atoms with Gasteiger partial charge in [0.15, 0.2) is 0 Å². The molecule has 0 radical (unpaired) electrons. The summed E-state index contributed by atoms with van der Waals surface area (Å²) in [7, 11) is 0. The van der Waals surface area contributed by atoms with E-state index >= 15 is 0 Å². The Morgan fingerprint density at radius 3 is 2.27 bits per heavy atom. The number of carbonyl (C=O) groups is 2. The van der Waals surface area contributed by atoms with Gasteiger partial charge < -0.3 is 14.6 Å². The largest absolute Gasteiger partial charge is 0.507 e. The molecular weight excluding hydrogens is 502 g/mol. The maximum atomic E-state index is 13.5. The monoisotopic (exact) mass is 533 g/mol. The highest BCUT2D eigenvalue weighted by molar-refractivity contribution is 6.51. The van der Waals surface area contributed by atoms with Crippen molar-refractivity contribution in [2.24, 2.45) is 0 Å². The van der Waals surface area contributed by atoms with Crippen molar-refractivity contribution in [3.8, 4) is 11.5 Å². The number of benzene rings is 4. The molecule has 40 heavy (non-hydrogen) atoms. The molecule has 6 nitrogen and oxygen atoms in total. The van der Waals surface area contributed by atoms with E-state index < -0.39 is 17.7 Å². The van der Waals surface area contributed by atoms with Gasteiger partial charge in [-0.1, -0.05) is 60.2 Å². The van der Waals surface area contributed by atoms with Crippen molar-refractivity contribution >= 4 is 23.1 Å². The first-order chi connectivity index (χ1) is 19.4. The van der Waals surface area contributed by atoms with Gasteiger partial charge in [-0.25, -0.2) is 0 Å². The summed E-state index contributed by atoms with van der Waals surface area (Å²) in [5.74, 6) is -0.321. The smallest absolute Gasteiger partial charge is 0.300 e. The molecule has 1 aliphatic rings. The Labute approximate surface area is 234 Å². The minimum atomic E-state index is -0.799. The topological polar surface area (TPSA) is 76.1 Å². The molecule has 0 saturated carbocycles. The summed E-state index contributed by atoms with van der Waals surface area (Å²) in [5, 5.41) is 11.5. The van der Waals surface area contributed by atoms with Gasteiger partial charge in [0.25, 0.3) is 11.7 Å². The van der Waals surface area contributed by atoms with Crippen LogP contribution in [0.5, 0.6) is 11.5 Å². The van der Waals surface area contributed by atoms with E-state index in [0.717, 1.165) is 22.3 Å². The van der Waals surface area contributed by atoms with Crippen molar-refractivity contribution in [1.82, 2.24) is 0 Å². The molecule has 1 N–H and O–H groups in total. The normalized spacial score (nSPS) is 16.3. The predicted octanol–water partition coefficient (Wildman–Crippen LogP) is 6.91. The average molecular weight is 534 g/mol. The minimum Gasteiger partial charge on any atom is -0.507 e. The quantitative estimate of drug-likeness (QED) is 0.151. The molecule has 5 rings (SSSR count). The summed E-state index contributed by atoms with van der Waals surface area (Å²) in [6, 6.07) is 29.0. The van der Waals surface area contributed by atoms with Crippen LogP contribution in [-0.4, -0.2) is 23.4 Å². The maximum absolute atomic E-state index is 13.5. The van der Waals surface area contributed by atoms with Crippen LogP contribution in [0.1, 0.15) is 40.8 Å². The molecule has 0 aromatic heterocycles. The van der Waals surface area contributed by atoms with Gasteiger partial charge >= 0.3 is 0 Å². The second kappa shape index (κ2) is 11.5. The van der Waals surface area contributed by atoms with Gasteiger partial charge in [0.1, 0.15) is 23.9 Å². The first-order valence-electron chi connectivity index (χ1n) is 13.3. The number of Topliss-reactive ketones (excluding diaryl/α,β-unsaturated/α-hetero) is 1. The summed E-state index contributed by atoms with van der Waals surface area (Å²) in [6.07, 6.45) is 0. The highest BCUT2D eigenvalue weighted by atomic mass is 16.5. The summed E-state index contributed by atoms with van der Waals surface area (Å²) < 4.78 is 11.5. The van der Waals surface area contributed by atoms with Crippen molar-refractivity contribution in [2.75, 3.05) is 11.5 Å². The molecule has 0 bridgehead atoms. The van der Waals surface area contributed by atoms with Crippen LogP contribution in [0.15, 0.2) is 103 Å². The van der Waals surface area contributed by atoms with E-state index in [1.165, 1.54) is 4.90 Å². The van der Waals surface area contributed by atoms with Crippen LogP contribution in [0, 0.1) is 13.8 Å². The molecule has 1 aliphatic heterocycles. The van der Waals surface area contributed by atoms with Crippen LogP contribution in [0.2, 0.25) is 0 Å². The van der Waals surface area contributed by atoms with E-state index in [-0.39, 0.29) is 11.3 Å². The number of aliphatic hydroxyl groups is 1. The van der Waals surface area contributed by atoms with Crippen molar-refractivity contribution in [2.45, 2.75) is 33.4 Å². The number of rotatable bonds is 8. The van der Waals surface area contributed by atoms with E-state index in [2.05, 4.69) is 0 Å². The van der Waals surface area contributed by atoms with Crippen molar-refractivity contribution < 1.29 is 24.2 Å². The molecule has 0 spiro atoms. The van der Waals surface area contributed by atoms with Gasteiger partial charge in [-0.15, -0.1) is 0 Å². The van der Waals surface area contributed by atoms with Crippen LogP contribution >= 0.6 is 0 Å². The van der Waals surface area contributed by atoms with Gasteiger partial charge in [-0.05, 0) is 79.9 Å². The minimum absolute atomic E-state index is 0.0434. The van der Waals surface area contributed by atoms with E-state index in [0.29, 0.717) is 36.0 Å². The number of hydrogen-bond donors (Lipinski definition) is 1. The molecule has 1 unspecified atom stereocenters. The maximum Gasteiger partial charge on any atom is 0.300 e. The van der Waals surface area contributed by atoms with Crippen LogP contribution in [0.3, 0.4) is 0 Å². The SMILES string of the molecule is CCOc1ccc(N2C(=O)C(=O)/C(=C(\O)c3ccc(OCc4ccccc4)c(C)c3)C2c2cccc(C)c2)cc1. The fourth-order valence-electron chi connectivity index (χ4n) is 4.97. The van der Waals surface area contributed by atoms with Gasteiger partial charge in [0.2, 0.25) is 0 Å². The third-order valence-corrected chi connectivity index (χ3v) is 6.91. The number of hydrogen-bond acceptors (Lipinski definition) is 5. The Kier molecular flexibility index (Phi) is 7.69. The zero-order valence-corrected chi connectivity index (χ0v) is 22.8. The highest BCUT2D eigenvalue weighted by Crippen LogP contribution is 2.43. The zero-order valence-electron chi connectivity index (χ0n) is 22.8. The van der Waals surface area contributed by atoms with Crippen molar-refractivity contribution in [3.63, 3.8) is 0 Å².